The second kappa shape index (κ2) is 18.5. The molecule has 0 fully saturated rings. The zero-order chi connectivity index (χ0) is 59.4. The van der Waals surface area contributed by atoms with Crippen LogP contribution in [0.1, 0.15) is 25.7 Å². The fourth-order valence-electron chi connectivity index (χ4n) is 4.77. The van der Waals surface area contributed by atoms with Crippen LogP contribution in [0.4, 0.5) is 184 Å². The molecule has 0 aliphatic carbocycles. The van der Waals surface area contributed by atoms with Gasteiger partial charge in [-0.3, -0.25) is 0 Å². The Hall–Kier alpha value is -2.76. The Morgan fingerprint density at radius 3 is 0.528 bits per heavy atom. The molecular formula is C27H12ClF42NS. The molecule has 72 heavy (non-hydrogen) atoms. The monoisotopic (exact) mass is 1210 g/mol. The van der Waals surface area contributed by atoms with Gasteiger partial charge < -0.3 is 4.90 Å². The molecule has 0 unspecified atom stereocenters. The van der Waals surface area contributed by atoms with E-state index < -0.39 is 167 Å². The van der Waals surface area contributed by atoms with Gasteiger partial charge in [0.1, 0.15) is 0 Å². The molecule has 0 rings (SSSR count). The van der Waals surface area contributed by atoms with Crippen molar-refractivity contribution in [2.45, 2.75) is 145 Å². The number of alkyl halides is 42. The second-order valence-electron chi connectivity index (χ2n) is 14.0. The zero-order valence-corrected chi connectivity index (χ0v) is 33.4. The van der Waals surface area contributed by atoms with Crippen LogP contribution in [0.3, 0.4) is 0 Å². The molecule has 1 nitrogen and oxygen atoms in total. The summed E-state index contributed by atoms with van der Waals surface area (Å²) < 4.78 is 568. The molecule has 0 heterocycles. The molecule has 0 radical (unpaired) electrons. The molecule has 0 aromatic heterocycles. The third-order valence-corrected chi connectivity index (χ3v) is 9.73. The summed E-state index contributed by atoms with van der Waals surface area (Å²) in [6, 6.07) is 0. The van der Waals surface area contributed by atoms with Crippen molar-refractivity contribution in [3.8, 4) is 0 Å². The maximum absolute atomic E-state index is 14.3. The molecule has 45 heteroatoms. The summed E-state index contributed by atoms with van der Waals surface area (Å²) in [5.74, 6) is -162. The number of hydrogen-bond acceptors (Lipinski definition) is 1. The summed E-state index contributed by atoms with van der Waals surface area (Å²) in [7, 11) is 0. The molecule has 0 aliphatic rings. The van der Waals surface area contributed by atoms with E-state index in [9.17, 15) is 184 Å². The van der Waals surface area contributed by atoms with Crippen molar-refractivity contribution in [3.63, 3.8) is 0 Å². The van der Waals surface area contributed by atoms with E-state index in [1.54, 1.807) is 0 Å². The highest BCUT2D eigenvalue weighted by Gasteiger charge is 3.00. The largest absolute Gasteiger partial charge is 0.460 e. The highest BCUT2D eigenvalue weighted by Crippen LogP contribution is 2.69. The molecule has 0 amide bonds. The van der Waals surface area contributed by atoms with Gasteiger partial charge in [0.15, 0.2) is 4.45 Å². The lowest BCUT2D eigenvalue weighted by molar-refractivity contribution is -0.474. The second-order valence-corrected chi connectivity index (χ2v) is 15.0. The molecule has 0 saturated carbocycles. The maximum Gasteiger partial charge on any atom is 0.460 e. The van der Waals surface area contributed by atoms with Crippen LogP contribution in [-0.2, 0) is 0 Å². The van der Waals surface area contributed by atoms with Crippen molar-refractivity contribution in [1.82, 2.24) is 4.90 Å². The van der Waals surface area contributed by atoms with Gasteiger partial charge in [-0.2, -0.15) is 184 Å². The smallest absolute Gasteiger partial charge is 0.353 e. The van der Waals surface area contributed by atoms with Gasteiger partial charge in [0.05, 0.1) is 0 Å². The van der Waals surface area contributed by atoms with E-state index in [0.717, 1.165) is 0 Å². The molecule has 0 N–H and O–H groups in total. The number of rotatable bonds is 24. The maximum atomic E-state index is 14.3. The zero-order valence-electron chi connectivity index (χ0n) is 31.9. The quantitative estimate of drug-likeness (QED) is 0.0410. The van der Waals surface area contributed by atoms with Gasteiger partial charge in [0.25, 0.3) is 0 Å². The minimum Gasteiger partial charge on any atom is -0.353 e. The lowest BCUT2D eigenvalue weighted by Crippen LogP contribution is -2.76. The van der Waals surface area contributed by atoms with E-state index in [1.165, 1.54) is 0 Å². The van der Waals surface area contributed by atoms with Crippen LogP contribution < -0.4 is 0 Å². The van der Waals surface area contributed by atoms with Gasteiger partial charge >= 0.3 is 119 Å². The minimum atomic E-state index is -9.57. The van der Waals surface area contributed by atoms with E-state index in [-0.39, 0.29) is 0 Å². The van der Waals surface area contributed by atoms with Crippen molar-refractivity contribution in [1.29, 1.82) is 0 Å². The molecule has 0 aromatic rings. The van der Waals surface area contributed by atoms with Crippen LogP contribution in [0.15, 0.2) is 0 Å². The molecule has 0 atom stereocenters. The summed E-state index contributed by atoms with van der Waals surface area (Å²) in [5, 5.41) is 0. The molecule has 0 aromatic carbocycles. The fraction of sp³-hybridized carbons (Fsp3) is 0.963. The highest BCUT2D eigenvalue weighted by atomic mass is 35.5. The summed E-state index contributed by atoms with van der Waals surface area (Å²) in [5.41, 5.74) is 0. The van der Waals surface area contributed by atoms with E-state index in [1.807, 2.05) is 0 Å². The Balaban J connectivity index is 6.72. The number of hydrogen-bond donors (Lipinski definition) is 0. The van der Waals surface area contributed by atoms with Gasteiger partial charge in [-0.1, -0.05) is 11.6 Å². The van der Waals surface area contributed by atoms with Crippen molar-refractivity contribution in [2.24, 2.45) is 0 Å². The lowest BCUT2D eigenvalue weighted by Gasteiger charge is -2.44. The average molecular weight is 1220 g/mol. The summed E-state index contributed by atoms with van der Waals surface area (Å²) >= 11 is 8.98. The first-order valence-corrected chi connectivity index (χ1v) is 17.2. The van der Waals surface area contributed by atoms with E-state index in [0.29, 0.717) is 0 Å². The molecule has 0 aliphatic heterocycles. The molecule has 0 bridgehead atoms. The van der Waals surface area contributed by atoms with E-state index in [2.05, 4.69) is 12.2 Å². The number of nitrogens with zero attached hydrogens (tertiary/aromatic N) is 1. The van der Waals surface area contributed by atoms with Crippen molar-refractivity contribution < 1.29 is 184 Å². The third kappa shape index (κ3) is 9.39. The van der Waals surface area contributed by atoms with Crippen molar-refractivity contribution in [3.05, 3.63) is 0 Å². The SMILES string of the molecule is FC(F)(F)C(F)(F)C(F)(F)C(F)(F)C(F)(F)C(F)(F)C(F)(F)C(F)(F)C(F)(F)C(F)(F)CCCN(CCCC(F)(F)C(F)(F)C(F)(F)C(F)(F)C(F)(F)C(F)(F)C(F)(F)C(F)(F)C(F)(F)C(F)(F)F)C(=S)Cl. The Morgan fingerprint density at radius 2 is 0.389 bits per heavy atom. The Labute approximate surface area is 376 Å². The summed E-state index contributed by atoms with van der Waals surface area (Å²) in [4.78, 5) is -0.541. The standard InChI is InChI=1S/C27H12ClF42NS/c28-7(72)71(5-1-3-8(29,30)10(33,34)12(37,38)14(41,42)16(45,46)18(49,50)20(53,54)22(57,58)24(61,62)26(65,66)67)6-2-4-9(31,32)11(35,36)13(39,40)15(43,44)17(47,48)19(51,52)21(55,56)23(59,60)25(63,64)27(68,69)70/h1-6H2. The molecular weight excluding hydrogens is 1200 g/mol. The minimum absolute atomic E-state index is 0.541. The van der Waals surface area contributed by atoms with Gasteiger partial charge in [0, 0.05) is 25.9 Å². The van der Waals surface area contributed by atoms with Crippen LogP contribution in [0.2, 0.25) is 0 Å². The predicted octanol–water partition coefficient (Wildman–Crippen LogP) is 15.9. The lowest BCUT2D eigenvalue weighted by atomic mass is 9.85. The van der Waals surface area contributed by atoms with E-state index >= 15 is 0 Å². The highest BCUT2D eigenvalue weighted by molar-refractivity contribution is 7.83. The first-order valence-electron chi connectivity index (χ1n) is 16.4. The number of halogens is 43. The summed E-state index contributed by atoms with van der Waals surface area (Å²) in [6.07, 6.45) is -28.4. The Bertz CT molecular complexity index is 1780. The molecule has 0 spiro atoms. The van der Waals surface area contributed by atoms with Gasteiger partial charge in [0.2, 0.25) is 0 Å². The third-order valence-electron chi connectivity index (χ3n) is 9.24. The van der Waals surface area contributed by atoms with Crippen LogP contribution in [0.25, 0.3) is 0 Å². The predicted molar refractivity (Wildman–Crippen MR) is 150 cm³/mol. The number of thiocarbonyl (C=S) groups is 1. The van der Waals surface area contributed by atoms with Crippen molar-refractivity contribution in [2.75, 3.05) is 13.1 Å². The van der Waals surface area contributed by atoms with Crippen molar-refractivity contribution >= 4 is 28.3 Å². The van der Waals surface area contributed by atoms with Gasteiger partial charge in [-0.05, 0) is 25.1 Å². The Morgan fingerprint density at radius 1 is 0.250 bits per heavy atom. The fourth-order valence-corrected chi connectivity index (χ4v) is 5.12. The average Bonchev–Trinajstić information content (AvgIpc) is 3.14. The van der Waals surface area contributed by atoms with Crippen LogP contribution in [0.5, 0.6) is 0 Å². The van der Waals surface area contributed by atoms with Crippen LogP contribution in [-0.4, -0.2) is 141 Å². The first kappa shape index (κ1) is 69.2. The topological polar surface area (TPSA) is 3.24 Å². The molecule has 0 saturated heterocycles. The van der Waals surface area contributed by atoms with Gasteiger partial charge in [-0.25, -0.2) is 0 Å². The normalized spacial score (nSPS) is 16.7. The first-order chi connectivity index (χ1) is 30.5. The Kier molecular flexibility index (Phi) is 17.8. The summed E-state index contributed by atoms with van der Waals surface area (Å²) in [6.45, 7) is -4.22. The molecule has 432 valence electrons. The van der Waals surface area contributed by atoms with Crippen LogP contribution >= 0.6 is 23.8 Å². The van der Waals surface area contributed by atoms with Crippen LogP contribution in [0, 0.1) is 0 Å². The van der Waals surface area contributed by atoms with E-state index in [4.69, 9.17) is 11.6 Å². The van der Waals surface area contributed by atoms with Gasteiger partial charge in [-0.15, -0.1) is 0 Å².